The first-order valence-electron chi connectivity index (χ1n) is 10.5. The molecular weight excluding hydrogens is 382 g/mol. The third kappa shape index (κ3) is 4.48. The predicted molar refractivity (Wildman–Crippen MR) is 128 cm³/mol. The minimum atomic E-state index is 0.122. The second kappa shape index (κ2) is 8.68. The Bertz CT molecular complexity index is 1260. The number of hydrogen-bond donors (Lipinski definition) is 0. The number of Topliss-reactive ketones (excluding diaryl/α,β-unsaturated/α-hetero) is 1. The standard InChI is InChI=1S/C27H27N3O/c1-18-8-11-22(12-9-18)27-29-25-13-10-21(14-26(25)30(27)4)16-28-17-23(31)15-24-19(2)6-5-7-20(24)3/h5-14,16H,15,17H2,1-4H3. The fourth-order valence-electron chi connectivity index (χ4n) is 3.88. The summed E-state index contributed by atoms with van der Waals surface area (Å²) in [6.45, 7) is 6.36. The molecule has 0 unspecified atom stereocenters. The maximum atomic E-state index is 12.4. The fourth-order valence-corrected chi connectivity index (χ4v) is 3.88. The average molecular weight is 410 g/mol. The van der Waals surface area contributed by atoms with Gasteiger partial charge in [-0.05, 0) is 55.2 Å². The summed E-state index contributed by atoms with van der Waals surface area (Å²) in [6, 6.07) is 20.6. The fraction of sp³-hybridized carbons (Fsp3) is 0.222. The summed E-state index contributed by atoms with van der Waals surface area (Å²) in [4.78, 5) is 21.6. The van der Waals surface area contributed by atoms with E-state index in [9.17, 15) is 4.79 Å². The number of benzene rings is 3. The zero-order valence-corrected chi connectivity index (χ0v) is 18.5. The molecule has 1 aromatic heterocycles. The van der Waals surface area contributed by atoms with Crippen LogP contribution in [0.25, 0.3) is 22.4 Å². The maximum absolute atomic E-state index is 12.4. The van der Waals surface area contributed by atoms with Crippen LogP contribution in [-0.2, 0) is 18.3 Å². The molecule has 0 saturated heterocycles. The van der Waals surface area contributed by atoms with Gasteiger partial charge in [0.1, 0.15) is 5.82 Å². The lowest BCUT2D eigenvalue weighted by Gasteiger charge is -2.07. The lowest BCUT2D eigenvalue weighted by Crippen LogP contribution is -2.09. The van der Waals surface area contributed by atoms with Gasteiger partial charge in [0.25, 0.3) is 0 Å². The number of rotatable bonds is 6. The Morgan fingerprint density at radius 1 is 1.00 bits per heavy atom. The molecule has 0 bridgehead atoms. The Kier molecular flexibility index (Phi) is 5.81. The highest BCUT2D eigenvalue weighted by atomic mass is 16.1. The molecule has 4 nitrogen and oxygen atoms in total. The van der Waals surface area contributed by atoms with Gasteiger partial charge in [0.05, 0.1) is 17.6 Å². The van der Waals surface area contributed by atoms with Crippen molar-refractivity contribution in [3.63, 3.8) is 0 Å². The molecule has 4 heteroatoms. The Labute approximate surface area is 183 Å². The molecule has 1 heterocycles. The van der Waals surface area contributed by atoms with E-state index in [1.807, 2.05) is 51.2 Å². The molecule has 0 radical (unpaired) electrons. The Hall–Kier alpha value is -3.53. The van der Waals surface area contributed by atoms with Gasteiger partial charge in [-0.25, -0.2) is 4.98 Å². The zero-order chi connectivity index (χ0) is 22.0. The summed E-state index contributed by atoms with van der Waals surface area (Å²) < 4.78 is 2.10. The third-order valence-electron chi connectivity index (χ3n) is 5.74. The van der Waals surface area contributed by atoms with E-state index in [0.29, 0.717) is 6.42 Å². The van der Waals surface area contributed by atoms with Crippen LogP contribution in [0.3, 0.4) is 0 Å². The van der Waals surface area contributed by atoms with Crippen LogP contribution in [0.1, 0.15) is 27.8 Å². The van der Waals surface area contributed by atoms with E-state index >= 15 is 0 Å². The highest BCUT2D eigenvalue weighted by Crippen LogP contribution is 2.24. The Morgan fingerprint density at radius 3 is 2.42 bits per heavy atom. The number of ketones is 1. The zero-order valence-electron chi connectivity index (χ0n) is 18.5. The molecule has 0 fully saturated rings. The minimum Gasteiger partial charge on any atom is -0.327 e. The lowest BCUT2D eigenvalue weighted by molar-refractivity contribution is -0.117. The quantitative estimate of drug-likeness (QED) is 0.401. The number of aryl methyl sites for hydroxylation is 4. The average Bonchev–Trinajstić information content (AvgIpc) is 3.07. The minimum absolute atomic E-state index is 0.122. The van der Waals surface area contributed by atoms with Crippen LogP contribution < -0.4 is 0 Å². The number of aliphatic imine (C=N–C) groups is 1. The number of aromatic nitrogens is 2. The second-order valence-electron chi connectivity index (χ2n) is 8.16. The first-order chi connectivity index (χ1) is 14.9. The van der Waals surface area contributed by atoms with Crippen molar-refractivity contribution in [2.75, 3.05) is 6.54 Å². The number of imidazole rings is 1. The van der Waals surface area contributed by atoms with E-state index in [4.69, 9.17) is 4.98 Å². The second-order valence-corrected chi connectivity index (χ2v) is 8.16. The summed E-state index contributed by atoms with van der Waals surface area (Å²) in [6.07, 6.45) is 2.21. The van der Waals surface area contributed by atoms with Crippen molar-refractivity contribution < 1.29 is 4.79 Å². The summed E-state index contributed by atoms with van der Waals surface area (Å²) in [5, 5.41) is 0. The number of hydrogen-bond acceptors (Lipinski definition) is 3. The van der Waals surface area contributed by atoms with Crippen LogP contribution in [0.2, 0.25) is 0 Å². The molecule has 0 aliphatic carbocycles. The molecule has 0 atom stereocenters. The summed E-state index contributed by atoms with van der Waals surface area (Å²) in [5.74, 6) is 1.06. The van der Waals surface area contributed by atoms with E-state index in [1.165, 1.54) is 5.56 Å². The molecular formula is C27H27N3O. The van der Waals surface area contributed by atoms with Crippen molar-refractivity contribution in [3.05, 3.63) is 88.5 Å². The largest absolute Gasteiger partial charge is 0.327 e. The molecule has 4 aromatic rings. The van der Waals surface area contributed by atoms with E-state index in [0.717, 1.165) is 44.7 Å². The van der Waals surface area contributed by atoms with Crippen molar-refractivity contribution >= 4 is 23.0 Å². The van der Waals surface area contributed by atoms with E-state index in [1.54, 1.807) is 6.21 Å². The maximum Gasteiger partial charge on any atom is 0.158 e. The number of fused-ring (bicyclic) bond motifs is 1. The Morgan fingerprint density at radius 2 is 1.71 bits per heavy atom. The van der Waals surface area contributed by atoms with Gasteiger partial charge in [-0.15, -0.1) is 0 Å². The van der Waals surface area contributed by atoms with Crippen LogP contribution in [0, 0.1) is 20.8 Å². The molecule has 31 heavy (non-hydrogen) atoms. The molecule has 0 saturated carbocycles. The van der Waals surface area contributed by atoms with E-state index in [-0.39, 0.29) is 12.3 Å². The summed E-state index contributed by atoms with van der Waals surface area (Å²) in [7, 11) is 2.03. The molecule has 0 amide bonds. The van der Waals surface area contributed by atoms with Gasteiger partial charge in [-0.3, -0.25) is 9.79 Å². The highest BCUT2D eigenvalue weighted by Gasteiger charge is 2.11. The van der Waals surface area contributed by atoms with Crippen LogP contribution in [-0.4, -0.2) is 28.1 Å². The summed E-state index contributed by atoms with van der Waals surface area (Å²) in [5.41, 5.74) is 8.70. The van der Waals surface area contributed by atoms with Gasteiger partial charge in [0, 0.05) is 25.2 Å². The SMILES string of the molecule is Cc1ccc(-c2nc3ccc(C=NCC(=O)Cc4c(C)cccc4C)cc3n2C)cc1. The van der Waals surface area contributed by atoms with Crippen LogP contribution >= 0.6 is 0 Å². The first-order valence-corrected chi connectivity index (χ1v) is 10.5. The smallest absolute Gasteiger partial charge is 0.158 e. The molecule has 0 spiro atoms. The molecule has 0 aliphatic heterocycles. The third-order valence-corrected chi connectivity index (χ3v) is 5.74. The topological polar surface area (TPSA) is 47.2 Å². The van der Waals surface area contributed by atoms with Gasteiger partial charge in [-0.1, -0.05) is 54.1 Å². The van der Waals surface area contributed by atoms with Gasteiger partial charge < -0.3 is 4.57 Å². The Balaban J connectivity index is 1.50. The van der Waals surface area contributed by atoms with Crippen molar-refractivity contribution in [2.45, 2.75) is 27.2 Å². The van der Waals surface area contributed by atoms with Crippen molar-refractivity contribution in [2.24, 2.45) is 12.0 Å². The van der Waals surface area contributed by atoms with E-state index < -0.39 is 0 Å². The van der Waals surface area contributed by atoms with Crippen LogP contribution in [0.4, 0.5) is 0 Å². The van der Waals surface area contributed by atoms with Crippen molar-refractivity contribution in [1.29, 1.82) is 0 Å². The molecule has 3 aromatic carbocycles. The van der Waals surface area contributed by atoms with Gasteiger partial charge in [-0.2, -0.15) is 0 Å². The van der Waals surface area contributed by atoms with Crippen molar-refractivity contribution in [1.82, 2.24) is 9.55 Å². The lowest BCUT2D eigenvalue weighted by atomic mass is 9.98. The normalized spacial score (nSPS) is 11.5. The van der Waals surface area contributed by atoms with E-state index in [2.05, 4.69) is 46.8 Å². The number of nitrogens with zero attached hydrogens (tertiary/aromatic N) is 3. The molecule has 156 valence electrons. The predicted octanol–water partition coefficient (Wildman–Crippen LogP) is 5.40. The highest BCUT2D eigenvalue weighted by molar-refractivity contribution is 5.91. The summed E-state index contributed by atoms with van der Waals surface area (Å²) >= 11 is 0. The number of carbonyl (C=O) groups is 1. The van der Waals surface area contributed by atoms with Gasteiger partial charge >= 0.3 is 0 Å². The molecule has 0 N–H and O–H groups in total. The first kappa shape index (κ1) is 20.7. The van der Waals surface area contributed by atoms with Gasteiger partial charge in [0.2, 0.25) is 0 Å². The van der Waals surface area contributed by atoms with Crippen LogP contribution in [0.15, 0.2) is 65.7 Å². The molecule has 0 aliphatic rings. The van der Waals surface area contributed by atoms with Gasteiger partial charge in [0.15, 0.2) is 5.78 Å². The van der Waals surface area contributed by atoms with Crippen molar-refractivity contribution in [3.8, 4) is 11.4 Å². The number of carbonyl (C=O) groups excluding carboxylic acids is 1. The van der Waals surface area contributed by atoms with Crippen LogP contribution in [0.5, 0.6) is 0 Å². The molecule has 4 rings (SSSR count). The monoisotopic (exact) mass is 409 g/mol.